The summed E-state index contributed by atoms with van der Waals surface area (Å²) in [4.78, 5) is 5.02. The second-order valence-electron chi connectivity index (χ2n) is 6.26. The second kappa shape index (κ2) is 6.44. The van der Waals surface area contributed by atoms with Gasteiger partial charge in [-0.2, -0.15) is 0 Å². The average Bonchev–Trinajstić information content (AvgIpc) is 3.12. The van der Waals surface area contributed by atoms with Crippen molar-refractivity contribution < 1.29 is 17.6 Å². The fourth-order valence-corrected chi connectivity index (χ4v) is 4.93. The molecular weight excluding hydrogens is 372 g/mol. The Morgan fingerprint density at radius 2 is 2.08 bits per heavy atom. The van der Waals surface area contributed by atoms with Gasteiger partial charge in [-0.3, -0.25) is 4.72 Å². The van der Waals surface area contributed by atoms with Crippen LogP contribution in [-0.2, 0) is 10.0 Å². The molecule has 0 bridgehead atoms. The maximum Gasteiger partial charge on any atom is 0.271 e. The number of aryl methyl sites for hydroxylation is 1. The van der Waals surface area contributed by atoms with Crippen molar-refractivity contribution >= 4 is 27.0 Å². The van der Waals surface area contributed by atoms with E-state index in [-0.39, 0.29) is 4.21 Å². The number of methoxy groups -OCH3 is 1. The van der Waals surface area contributed by atoms with Gasteiger partial charge < -0.3 is 9.15 Å². The molecule has 2 heterocycles. The van der Waals surface area contributed by atoms with Gasteiger partial charge in [0.15, 0.2) is 11.7 Å². The lowest BCUT2D eigenvalue weighted by Gasteiger charge is -2.11. The summed E-state index contributed by atoms with van der Waals surface area (Å²) < 4.78 is 39.3. The molecular formula is C18H18N2O4S2. The minimum absolute atomic E-state index is 0.209. The van der Waals surface area contributed by atoms with E-state index in [4.69, 9.17) is 9.15 Å². The molecule has 0 atom stereocenters. The Morgan fingerprint density at radius 3 is 2.81 bits per heavy atom. The van der Waals surface area contributed by atoms with Gasteiger partial charge in [0, 0.05) is 5.92 Å². The van der Waals surface area contributed by atoms with Crippen LogP contribution in [0.1, 0.15) is 30.2 Å². The number of benzene rings is 1. The number of aromatic nitrogens is 1. The van der Waals surface area contributed by atoms with Crippen molar-refractivity contribution in [1.29, 1.82) is 0 Å². The standard InChI is InChI=1S/C18H18N2O4S2/c1-11-3-6-14(23-2)13(9-11)20-26(21,22)17-8-7-16(25-17)15-10-19-18(24-15)12-4-5-12/h3,6-10,12,20H,4-5H2,1-2H3. The summed E-state index contributed by atoms with van der Waals surface area (Å²) in [6, 6.07) is 8.65. The Bertz CT molecular complexity index is 1050. The van der Waals surface area contributed by atoms with E-state index in [0.717, 1.165) is 40.5 Å². The maximum atomic E-state index is 12.7. The van der Waals surface area contributed by atoms with Gasteiger partial charge in [0.05, 0.1) is 23.9 Å². The zero-order valence-corrected chi connectivity index (χ0v) is 16.0. The quantitative estimate of drug-likeness (QED) is 0.675. The topological polar surface area (TPSA) is 81.4 Å². The van der Waals surface area contributed by atoms with Crippen molar-refractivity contribution in [2.45, 2.75) is 29.9 Å². The summed E-state index contributed by atoms with van der Waals surface area (Å²) in [6.45, 7) is 1.89. The zero-order valence-electron chi connectivity index (χ0n) is 14.4. The van der Waals surface area contributed by atoms with E-state index in [1.165, 1.54) is 7.11 Å². The molecule has 0 radical (unpaired) electrons. The van der Waals surface area contributed by atoms with E-state index >= 15 is 0 Å². The van der Waals surface area contributed by atoms with Gasteiger partial charge in [-0.05, 0) is 49.6 Å². The van der Waals surface area contributed by atoms with E-state index in [0.29, 0.717) is 23.1 Å². The summed E-state index contributed by atoms with van der Waals surface area (Å²) in [5.41, 5.74) is 1.35. The minimum Gasteiger partial charge on any atom is -0.495 e. The highest BCUT2D eigenvalue weighted by Gasteiger charge is 2.29. The van der Waals surface area contributed by atoms with Gasteiger partial charge in [-0.15, -0.1) is 11.3 Å². The van der Waals surface area contributed by atoms with Gasteiger partial charge in [0.25, 0.3) is 10.0 Å². The van der Waals surface area contributed by atoms with E-state index in [1.807, 2.05) is 13.0 Å². The van der Waals surface area contributed by atoms with Crippen LogP contribution in [0.15, 0.2) is 45.2 Å². The molecule has 1 aromatic carbocycles. The fourth-order valence-electron chi connectivity index (χ4n) is 2.61. The Labute approximate surface area is 155 Å². The number of sulfonamides is 1. The van der Waals surface area contributed by atoms with Gasteiger partial charge in [0.1, 0.15) is 9.96 Å². The first kappa shape index (κ1) is 17.1. The predicted octanol–water partition coefficient (Wildman–Crippen LogP) is 4.40. The first-order valence-electron chi connectivity index (χ1n) is 8.19. The van der Waals surface area contributed by atoms with Crippen molar-refractivity contribution in [3.63, 3.8) is 0 Å². The molecule has 26 heavy (non-hydrogen) atoms. The molecule has 1 saturated carbocycles. The molecule has 0 amide bonds. The number of nitrogens with zero attached hydrogens (tertiary/aromatic N) is 1. The summed E-state index contributed by atoms with van der Waals surface area (Å²) >= 11 is 1.15. The lowest BCUT2D eigenvalue weighted by atomic mass is 10.2. The molecule has 1 aliphatic rings. The highest BCUT2D eigenvalue weighted by Crippen LogP contribution is 2.41. The maximum absolute atomic E-state index is 12.7. The van der Waals surface area contributed by atoms with Crippen molar-refractivity contribution in [3.8, 4) is 16.4 Å². The number of oxazole rings is 1. The van der Waals surface area contributed by atoms with E-state index in [9.17, 15) is 8.42 Å². The summed E-state index contributed by atoms with van der Waals surface area (Å²) in [7, 11) is -2.21. The zero-order chi connectivity index (χ0) is 18.3. The number of rotatable bonds is 6. The minimum atomic E-state index is -3.72. The summed E-state index contributed by atoms with van der Waals surface area (Å²) in [6.07, 6.45) is 3.87. The van der Waals surface area contributed by atoms with Crippen LogP contribution in [0.5, 0.6) is 5.75 Å². The molecule has 6 nitrogen and oxygen atoms in total. The molecule has 0 aliphatic heterocycles. The fraction of sp³-hybridized carbons (Fsp3) is 0.278. The van der Waals surface area contributed by atoms with Crippen LogP contribution in [0.3, 0.4) is 0 Å². The molecule has 2 aromatic heterocycles. The molecule has 1 fully saturated rings. The molecule has 0 spiro atoms. The first-order chi connectivity index (χ1) is 12.5. The Morgan fingerprint density at radius 1 is 1.27 bits per heavy atom. The largest absolute Gasteiger partial charge is 0.495 e. The molecule has 0 saturated heterocycles. The molecule has 8 heteroatoms. The van der Waals surface area contributed by atoms with Crippen molar-refractivity contribution in [2.75, 3.05) is 11.8 Å². The Hall–Kier alpha value is -2.32. The summed E-state index contributed by atoms with van der Waals surface area (Å²) in [5, 5.41) is 0. The number of ether oxygens (including phenoxy) is 1. The van der Waals surface area contributed by atoms with Crippen molar-refractivity contribution in [3.05, 3.63) is 48.0 Å². The highest BCUT2D eigenvalue weighted by molar-refractivity contribution is 7.94. The van der Waals surface area contributed by atoms with Crippen LogP contribution < -0.4 is 9.46 Å². The van der Waals surface area contributed by atoms with Crippen LogP contribution in [0.25, 0.3) is 10.6 Å². The number of hydrogen-bond acceptors (Lipinski definition) is 6. The Balaban J connectivity index is 1.60. The highest BCUT2D eigenvalue weighted by atomic mass is 32.2. The monoisotopic (exact) mass is 390 g/mol. The van der Waals surface area contributed by atoms with Crippen LogP contribution in [-0.4, -0.2) is 20.5 Å². The van der Waals surface area contributed by atoms with E-state index in [1.54, 1.807) is 30.5 Å². The lowest BCUT2D eigenvalue weighted by Crippen LogP contribution is -2.12. The third-order valence-corrected chi connectivity index (χ3v) is 7.10. The lowest BCUT2D eigenvalue weighted by molar-refractivity contribution is 0.417. The third-order valence-electron chi connectivity index (χ3n) is 4.14. The normalized spacial score (nSPS) is 14.4. The number of nitrogens with one attached hydrogen (secondary N) is 1. The van der Waals surface area contributed by atoms with Gasteiger partial charge in [-0.25, -0.2) is 13.4 Å². The van der Waals surface area contributed by atoms with Gasteiger partial charge in [0.2, 0.25) is 0 Å². The first-order valence-corrected chi connectivity index (χ1v) is 10.5. The third kappa shape index (κ3) is 3.34. The second-order valence-corrected chi connectivity index (χ2v) is 9.26. The van der Waals surface area contributed by atoms with Crippen molar-refractivity contribution in [2.24, 2.45) is 0 Å². The summed E-state index contributed by atoms with van der Waals surface area (Å²) in [5.74, 6) is 2.23. The van der Waals surface area contributed by atoms with Crippen LogP contribution >= 0.6 is 11.3 Å². The van der Waals surface area contributed by atoms with E-state index in [2.05, 4.69) is 9.71 Å². The average molecular weight is 390 g/mol. The van der Waals surface area contributed by atoms with Crippen molar-refractivity contribution in [1.82, 2.24) is 4.98 Å². The van der Waals surface area contributed by atoms with Crippen LogP contribution in [0.2, 0.25) is 0 Å². The van der Waals surface area contributed by atoms with E-state index < -0.39 is 10.0 Å². The van der Waals surface area contributed by atoms with Crippen LogP contribution in [0, 0.1) is 6.92 Å². The molecule has 1 N–H and O–H groups in total. The number of thiophene rings is 1. The van der Waals surface area contributed by atoms with Crippen LogP contribution in [0.4, 0.5) is 5.69 Å². The molecule has 3 aromatic rings. The molecule has 4 rings (SSSR count). The van der Waals surface area contributed by atoms with Gasteiger partial charge in [-0.1, -0.05) is 6.07 Å². The molecule has 1 aliphatic carbocycles. The molecule has 136 valence electrons. The molecule has 0 unspecified atom stereocenters. The smallest absolute Gasteiger partial charge is 0.271 e. The number of hydrogen-bond donors (Lipinski definition) is 1. The predicted molar refractivity (Wildman–Crippen MR) is 100 cm³/mol. The van der Waals surface area contributed by atoms with Gasteiger partial charge >= 0.3 is 0 Å². The number of anilines is 1. The SMILES string of the molecule is COc1ccc(C)cc1NS(=O)(=O)c1ccc(-c2cnc(C3CC3)o2)s1. The Kier molecular flexibility index (Phi) is 4.24.